The van der Waals surface area contributed by atoms with E-state index in [1.807, 2.05) is 24.3 Å². The highest BCUT2D eigenvalue weighted by Crippen LogP contribution is 2.43. The number of aromatic nitrogens is 3. The number of methoxy groups -OCH3 is 3. The number of ether oxygens (including phenoxy) is 6. The molecule has 0 unspecified atom stereocenters. The maximum absolute atomic E-state index is 14.4. The summed E-state index contributed by atoms with van der Waals surface area (Å²) in [7, 11) is 4.48. The molecule has 2 atom stereocenters. The number of nitrogens with one attached hydrogen (secondary N) is 1. The van der Waals surface area contributed by atoms with E-state index in [1.54, 1.807) is 30.3 Å². The van der Waals surface area contributed by atoms with Gasteiger partial charge in [-0.15, -0.1) is 5.10 Å². The number of carbonyl (C=O) groups is 2. The minimum atomic E-state index is -1.17. The molecule has 0 radical (unpaired) electrons. The standard InChI is InChI=1S/C31H33N5O8/c1-39-26-13-19(14-27(40-2)30(26)41-3)29(31(38)32-16-21-7-6-12-42-21)36(20-10-11-24-25(15-20)44-18-43-24)28(37)17-35-23-9-5-4-8-22(23)33-34-35/h4-5,8-11,13-15,21,29H,6-7,12,16-18H2,1-3H3,(H,32,38)/t21-,29+/m1/s1. The molecule has 1 fully saturated rings. The molecular weight excluding hydrogens is 570 g/mol. The number of rotatable bonds is 11. The van der Waals surface area contributed by atoms with E-state index in [9.17, 15) is 9.59 Å². The maximum atomic E-state index is 14.4. The molecule has 2 aliphatic heterocycles. The molecule has 6 rings (SSSR count). The van der Waals surface area contributed by atoms with Crippen LogP contribution in [-0.2, 0) is 20.9 Å². The molecule has 1 saturated heterocycles. The number of hydrogen-bond acceptors (Lipinski definition) is 10. The van der Waals surface area contributed by atoms with Crippen molar-refractivity contribution in [1.82, 2.24) is 20.3 Å². The molecule has 4 aromatic rings. The van der Waals surface area contributed by atoms with E-state index in [4.69, 9.17) is 28.4 Å². The molecular formula is C31H33N5O8. The Bertz CT molecular complexity index is 1640. The van der Waals surface area contributed by atoms with E-state index in [0.717, 1.165) is 12.8 Å². The first-order chi connectivity index (χ1) is 21.5. The first-order valence-corrected chi connectivity index (χ1v) is 14.2. The van der Waals surface area contributed by atoms with Gasteiger partial charge in [0.25, 0.3) is 0 Å². The van der Waals surface area contributed by atoms with Gasteiger partial charge in [0.05, 0.1) is 33.0 Å². The van der Waals surface area contributed by atoms with E-state index in [-0.39, 0.29) is 26.0 Å². The van der Waals surface area contributed by atoms with Crippen LogP contribution >= 0.6 is 0 Å². The SMILES string of the molecule is COc1cc([C@@H](C(=O)NC[C@H]2CCCO2)N(C(=O)Cn2nnc3ccccc32)c2ccc3c(c2)OCO3)cc(OC)c1OC. The van der Waals surface area contributed by atoms with Crippen LogP contribution in [-0.4, -0.2) is 74.2 Å². The fraction of sp³-hybridized carbons (Fsp3) is 0.355. The maximum Gasteiger partial charge on any atom is 0.249 e. The summed E-state index contributed by atoms with van der Waals surface area (Å²) in [4.78, 5) is 30.1. The van der Waals surface area contributed by atoms with Gasteiger partial charge in [0, 0.05) is 24.9 Å². The number of benzene rings is 3. The number of nitrogens with zero attached hydrogens (tertiary/aromatic N) is 4. The molecule has 0 saturated carbocycles. The Morgan fingerprint density at radius 1 is 1.02 bits per heavy atom. The van der Waals surface area contributed by atoms with Crippen molar-refractivity contribution in [3.05, 3.63) is 60.2 Å². The van der Waals surface area contributed by atoms with Gasteiger partial charge in [-0.1, -0.05) is 17.3 Å². The number of hydrogen-bond donors (Lipinski definition) is 1. The van der Waals surface area contributed by atoms with Crippen molar-refractivity contribution in [3.63, 3.8) is 0 Å². The summed E-state index contributed by atoms with van der Waals surface area (Å²) in [5.41, 5.74) is 2.16. The summed E-state index contributed by atoms with van der Waals surface area (Å²) < 4.78 is 35.2. The molecule has 2 aliphatic rings. The Morgan fingerprint density at radius 2 is 1.80 bits per heavy atom. The Hall–Kier alpha value is -5.04. The van der Waals surface area contributed by atoms with Crippen molar-refractivity contribution in [3.8, 4) is 28.7 Å². The normalized spacial score (nSPS) is 16.0. The molecule has 0 spiro atoms. The summed E-state index contributed by atoms with van der Waals surface area (Å²) in [6, 6.07) is 14.6. The average molecular weight is 604 g/mol. The van der Waals surface area contributed by atoms with Crippen molar-refractivity contribution >= 4 is 28.5 Å². The Morgan fingerprint density at radius 3 is 2.52 bits per heavy atom. The van der Waals surface area contributed by atoms with Crippen LogP contribution < -0.4 is 33.9 Å². The van der Waals surface area contributed by atoms with Crippen LogP contribution in [0.2, 0.25) is 0 Å². The predicted molar refractivity (Wildman–Crippen MR) is 158 cm³/mol. The molecule has 13 nitrogen and oxygen atoms in total. The van der Waals surface area contributed by atoms with Gasteiger partial charge in [-0.2, -0.15) is 0 Å². The lowest BCUT2D eigenvalue weighted by Crippen LogP contribution is -2.46. The summed E-state index contributed by atoms with van der Waals surface area (Å²) in [5.74, 6) is 1.16. The zero-order valence-corrected chi connectivity index (χ0v) is 24.6. The van der Waals surface area contributed by atoms with E-state index in [2.05, 4.69) is 15.6 Å². The van der Waals surface area contributed by atoms with Crippen molar-refractivity contribution in [2.45, 2.75) is 31.5 Å². The molecule has 44 heavy (non-hydrogen) atoms. The van der Waals surface area contributed by atoms with E-state index in [1.165, 1.54) is 30.9 Å². The lowest BCUT2D eigenvalue weighted by molar-refractivity contribution is -0.127. The van der Waals surface area contributed by atoms with Gasteiger partial charge in [-0.25, -0.2) is 4.68 Å². The van der Waals surface area contributed by atoms with Gasteiger partial charge in [0.2, 0.25) is 24.4 Å². The van der Waals surface area contributed by atoms with Gasteiger partial charge < -0.3 is 33.7 Å². The molecule has 1 N–H and O–H groups in total. The topological polar surface area (TPSA) is 136 Å². The number of para-hydroxylation sites is 1. The third kappa shape index (κ3) is 5.65. The van der Waals surface area contributed by atoms with E-state index in [0.29, 0.717) is 57.6 Å². The van der Waals surface area contributed by atoms with Gasteiger partial charge in [0.1, 0.15) is 18.1 Å². The first-order valence-electron chi connectivity index (χ1n) is 14.2. The summed E-state index contributed by atoms with van der Waals surface area (Å²) in [6.07, 6.45) is 1.64. The monoisotopic (exact) mass is 603 g/mol. The van der Waals surface area contributed by atoms with E-state index < -0.39 is 17.9 Å². The molecule has 0 aliphatic carbocycles. The minimum Gasteiger partial charge on any atom is -0.493 e. The molecule has 0 bridgehead atoms. The molecule has 1 aromatic heterocycles. The van der Waals surface area contributed by atoms with Crippen LogP contribution in [0.3, 0.4) is 0 Å². The molecule has 13 heteroatoms. The minimum absolute atomic E-state index is 0.0514. The Labute approximate surface area is 253 Å². The fourth-order valence-electron chi connectivity index (χ4n) is 5.50. The lowest BCUT2D eigenvalue weighted by atomic mass is 10.0. The second-order valence-corrected chi connectivity index (χ2v) is 10.3. The second-order valence-electron chi connectivity index (χ2n) is 10.3. The van der Waals surface area contributed by atoms with Crippen LogP contribution in [0.4, 0.5) is 5.69 Å². The largest absolute Gasteiger partial charge is 0.493 e. The highest BCUT2D eigenvalue weighted by Gasteiger charge is 2.36. The number of anilines is 1. The quantitative estimate of drug-likeness (QED) is 0.272. The summed E-state index contributed by atoms with van der Waals surface area (Å²) in [5, 5.41) is 11.4. The van der Waals surface area contributed by atoms with Crippen molar-refractivity contribution in [2.24, 2.45) is 0 Å². The van der Waals surface area contributed by atoms with Gasteiger partial charge in [0.15, 0.2) is 23.0 Å². The zero-order chi connectivity index (χ0) is 30.6. The molecule has 230 valence electrons. The fourth-order valence-corrected chi connectivity index (χ4v) is 5.50. The lowest BCUT2D eigenvalue weighted by Gasteiger charge is -2.32. The number of fused-ring (bicyclic) bond motifs is 2. The van der Waals surface area contributed by atoms with Crippen LogP contribution in [0.25, 0.3) is 11.0 Å². The molecule has 3 heterocycles. The Kier molecular flexibility index (Phi) is 8.37. The zero-order valence-electron chi connectivity index (χ0n) is 24.6. The Balaban J connectivity index is 1.47. The van der Waals surface area contributed by atoms with Gasteiger partial charge in [-0.3, -0.25) is 14.5 Å². The number of amides is 2. The van der Waals surface area contributed by atoms with Crippen LogP contribution in [0.15, 0.2) is 54.6 Å². The van der Waals surface area contributed by atoms with Crippen LogP contribution in [0.5, 0.6) is 28.7 Å². The third-order valence-electron chi connectivity index (χ3n) is 7.65. The highest BCUT2D eigenvalue weighted by molar-refractivity contribution is 6.02. The summed E-state index contributed by atoms with van der Waals surface area (Å²) in [6.45, 7) is 0.784. The van der Waals surface area contributed by atoms with Gasteiger partial charge in [-0.05, 0) is 54.8 Å². The average Bonchev–Trinajstić information content (AvgIpc) is 3.83. The van der Waals surface area contributed by atoms with Gasteiger partial charge >= 0.3 is 0 Å². The highest BCUT2D eigenvalue weighted by atomic mass is 16.7. The first kappa shape index (κ1) is 29.1. The predicted octanol–water partition coefficient (Wildman–Crippen LogP) is 3.26. The van der Waals surface area contributed by atoms with Crippen molar-refractivity contribution in [1.29, 1.82) is 0 Å². The van der Waals surface area contributed by atoms with Crippen molar-refractivity contribution in [2.75, 3.05) is 46.2 Å². The van der Waals surface area contributed by atoms with Crippen molar-refractivity contribution < 1.29 is 38.0 Å². The van der Waals surface area contributed by atoms with Crippen LogP contribution in [0, 0.1) is 0 Å². The van der Waals surface area contributed by atoms with Crippen LogP contribution in [0.1, 0.15) is 24.4 Å². The third-order valence-corrected chi connectivity index (χ3v) is 7.65. The molecule has 2 amide bonds. The molecule has 3 aromatic carbocycles. The second kappa shape index (κ2) is 12.7. The smallest absolute Gasteiger partial charge is 0.249 e. The number of carbonyl (C=O) groups excluding carboxylic acids is 2. The summed E-state index contributed by atoms with van der Waals surface area (Å²) >= 11 is 0. The van der Waals surface area contributed by atoms with E-state index >= 15 is 0 Å².